The molecule has 1 amide bonds. The van der Waals surface area contributed by atoms with E-state index >= 15 is 0 Å². The van der Waals surface area contributed by atoms with Crippen LogP contribution in [-0.4, -0.2) is 104 Å². The summed E-state index contributed by atoms with van der Waals surface area (Å²) in [5, 5.41) is 33.3. The molecule has 3 aliphatic rings. The average molecular weight is 626 g/mol. The zero-order valence-corrected chi connectivity index (χ0v) is 27.1. The van der Waals surface area contributed by atoms with Gasteiger partial charge in [-0.25, -0.2) is 9.94 Å². The Kier molecular flexibility index (Phi) is 8.59. The Hall–Kier alpha value is -4.66. The van der Waals surface area contributed by atoms with Crippen molar-refractivity contribution in [2.75, 3.05) is 63.1 Å². The molecule has 242 valence electrons. The van der Waals surface area contributed by atoms with Crippen LogP contribution in [0.4, 0.5) is 11.6 Å². The number of pyridine rings is 1. The topological polar surface area (TPSA) is 150 Å². The summed E-state index contributed by atoms with van der Waals surface area (Å²) >= 11 is 0. The molecule has 14 nitrogen and oxygen atoms in total. The van der Waals surface area contributed by atoms with E-state index in [9.17, 15) is 15.3 Å². The molecule has 0 atom stereocenters. The molecule has 46 heavy (non-hydrogen) atoms. The van der Waals surface area contributed by atoms with Gasteiger partial charge in [-0.2, -0.15) is 20.6 Å². The van der Waals surface area contributed by atoms with Gasteiger partial charge in [-0.05, 0) is 57.9 Å². The maximum atomic E-state index is 13.1. The second kappa shape index (κ2) is 12.6. The largest absolute Gasteiger partial charge is 0.363 e. The number of hydrogen-bond acceptors (Lipinski definition) is 11. The molecule has 0 bridgehead atoms. The van der Waals surface area contributed by atoms with Crippen molar-refractivity contribution < 1.29 is 4.79 Å². The number of aryl methyl sites for hydroxylation is 1. The van der Waals surface area contributed by atoms with Crippen molar-refractivity contribution in [1.82, 2.24) is 44.6 Å². The van der Waals surface area contributed by atoms with E-state index in [1.54, 1.807) is 4.52 Å². The summed E-state index contributed by atoms with van der Waals surface area (Å²) in [5.41, 5.74) is 6.23. The van der Waals surface area contributed by atoms with Crippen molar-refractivity contribution in [3.8, 4) is 12.1 Å². The standard InChI is InChI=1S/C32H43N13O/c1-5-24-15-36-45(17-24)32(10-11-33)22-42(23-32)27-7-6-12-44-29(27)38-30(39-44)37-25-16-35-43(18-25)19-28(46)41-13-8-26(9-14-41)40(4)21-31(2,3)20-34/h6-7,12,15,17-18,26,35H,5,8-10,13-14,16,19,21-23H2,1-4H3,(H,37,39). The predicted octanol–water partition coefficient (Wildman–Crippen LogP) is 2.16. The fourth-order valence-corrected chi connectivity index (χ4v) is 6.69. The van der Waals surface area contributed by atoms with Crippen LogP contribution in [0.2, 0.25) is 0 Å². The van der Waals surface area contributed by atoms with Gasteiger partial charge < -0.3 is 25.0 Å². The first-order valence-electron chi connectivity index (χ1n) is 16.0. The normalized spacial score (nSPS) is 18.4. The number of piperidine rings is 1. The van der Waals surface area contributed by atoms with Gasteiger partial charge in [0.05, 0.1) is 48.1 Å². The molecule has 3 aromatic rings. The maximum absolute atomic E-state index is 13.1. The Labute approximate surface area is 269 Å². The number of nitrogens with one attached hydrogen (secondary N) is 2. The van der Waals surface area contributed by atoms with Crippen LogP contribution in [0.1, 0.15) is 45.6 Å². The Morgan fingerprint density at radius 3 is 2.74 bits per heavy atom. The molecule has 2 N–H and O–H groups in total. The molecule has 2 fully saturated rings. The maximum Gasteiger partial charge on any atom is 0.247 e. The number of fused-ring (bicyclic) bond motifs is 1. The Morgan fingerprint density at radius 2 is 2.04 bits per heavy atom. The lowest BCUT2D eigenvalue weighted by Gasteiger charge is -2.50. The summed E-state index contributed by atoms with van der Waals surface area (Å²) in [6.45, 7) is 10.3. The zero-order valence-electron chi connectivity index (χ0n) is 27.1. The number of likely N-dealkylation sites (tertiary alicyclic amines) is 1. The molecule has 0 aromatic carbocycles. The van der Waals surface area contributed by atoms with Gasteiger partial charge in [0.15, 0.2) is 5.65 Å². The van der Waals surface area contributed by atoms with Gasteiger partial charge in [-0.1, -0.05) is 6.92 Å². The second-order valence-electron chi connectivity index (χ2n) is 13.4. The van der Waals surface area contributed by atoms with Crippen LogP contribution < -0.4 is 15.6 Å². The fraction of sp³-hybridized carbons (Fsp3) is 0.562. The molecule has 0 aliphatic carbocycles. The molecule has 0 radical (unpaired) electrons. The van der Waals surface area contributed by atoms with Gasteiger partial charge in [-0.3, -0.25) is 9.48 Å². The predicted molar refractivity (Wildman–Crippen MR) is 173 cm³/mol. The minimum atomic E-state index is -0.386. The minimum Gasteiger partial charge on any atom is -0.363 e. The number of hydrazine groups is 1. The quantitative estimate of drug-likeness (QED) is 0.323. The van der Waals surface area contributed by atoms with Crippen molar-refractivity contribution in [1.29, 1.82) is 10.5 Å². The molecule has 2 saturated heterocycles. The number of aromatic nitrogens is 5. The van der Waals surface area contributed by atoms with Gasteiger partial charge in [0.2, 0.25) is 11.9 Å². The third-order valence-electron chi connectivity index (χ3n) is 9.34. The highest BCUT2D eigenvalue weighted by Gasteiger charge is 2.46. The Morgan fingerprint density at radius 1 is 1.26 bits per heavy atom. The Balaban J connectivity index is 1.04. The van der Waals surface area contributed by atoms with E-state index in [2.05, 4.69) is 63.0 Å². The van der Waals surface area contributed by atoms with E-state index in [0.717, 1.165) is 48.4 Å². The summed E-state index contributed by atoms with van der Waals surface area (Å²) in [4.78, 5) is 24.3. The first kappa shape index (κ1) is 31.3. The molecule has 6 heterocycles. The van der Waals surface area contributed by atoms with Gasteiger partial charge >= 0.3 is 0 Å². The monoisotopic (exact) mass is 625 g/mol. The highest BCUT2D eigenvalue weighted by atomic mass is 16.2. The van der Waals surface area contributed by atoms with Crippen molar-refractivity contribution in [2.45, 2.75) is 58.0 Å². The first-order chi connectivity index (χ1) is 22.1. The first-order valence-corrected chi connectivity index (χ1v) is 16.0. The molecule has 6 rings (SSSR count). The molecule has 3 aliphatic heterocycles. The lowest BCUT2D eigenvalue weighted by Crippen LogP contribution is -2.63. The molecule has 3 aromatic heterocycles. The summed E-state index contributed by atoms with van der Waals surface area (Å²) in [5.74, 6) is 0.560. The van der Waals surface area contributed by atoms with Crippen LogP contribution in [0.25, 0.3) is 5.65 Å². The van der Waals surface area contributed by atoms with Crippen LogP contribution in [0.5, 0.6) is 0 Å². The number of carbonyl (C=O) groups excluding carboxylic acids is 1. The van der Waals surface area contributed by atoms with Gasteiger partial charge in [0, 0.05) is 57.4 Å². The number of nitriles is 2. The molecular formula is C32H43N13O. The van der Waals surface area contributed by atoms with E-state index < -0.39 is 0 Å². The van der Waals surface area contributed by atoms with Crippen molar-refractivity contribution in [3.63, 3.8) is 0 Å². The highest BCUT2D eigenvalue weighted by molar-refractivity contribution is 5.78. The van der Waals surface area contributed by atoms with Gasteiger partial charge in [0.25, 0.3) is 0 Å². The number of amides is 1. The number of hydrogen-bond donors (Lipinski definition) is 2. The summed E-state index contributed by atoms with van der Waals surface area (Å²) in [6.07, 6.45) is 10.8. The van der Waals surface area contributed by atoms with Crippen molar-refractivity contribution in [2.24, 2.45) is 5.41 Å². The molecule has 0 unspecified atom stereocenters. The van der Waals surface area contributed by atoms with E-state index in [1.165, 1.54) is 0 Å². The third kappa shape index (κ3) is 6.36. The summed E-state index contributed by atoms with van der Waals surface area (Å²) in [7, 11) is 2.07. The van der Waals surface area contributed by atoms with Crippen molar-refractivity contribution in [3.05, 3.63) is 48.2 Å². The molecule has 0 spiro atoms. The van der Waals surface area contributed by atoms with Gasteiger partial charge in [0.1, 0.15) is 12.1 Å². The molecule has 0 saturated carbocycles. The van der Waals surface area contributed by atoms with Crippen LogP contribution in [0.3, 0.4) is 0 Å². The lowest BCUT2D eigenvalue weighted by atomic mass is 9.86. The number of carbonyl (C=O) groups is 1. The second-order valence-corrected chi connectivity index (χ2v) is 13.4. The number of nitrogens with zero attached hydrogens (tertiary/aromatic N) is 11. The molecular weight excluding hydrogens is 582 g/mol. The highest BCUT2D eigenvalue weighted by Crippen LogP contribution is 2.37. The van der Waals surface area contributed by atoms with Crippen molar-refractivity contribution >= 4 is 23.2 Å². The van der Waals surface area contributed by atoms with E-state index in [1.807, 2.05) is 59.2 Å². The number of anilines is 2. The van der Waals surface area contributed by atoms with E-state index in [4.69, 9.17) is 4.98 Å². The zero-order chi connectivity index (χ0) is 32.5. The summed E-state index contributed by atoms with van der Waals surface area (Å²) in [6, 6.07) is 9.09. The fourth-order valence-electron chi connectivity index (χ4n) is 6.69. The Bertz CT molecular complexity index is 1680. The van der Waals surface area contributed by atoms with Crippen LogP contribution >= 0.6 is 0 Å². The number of rotatable bonds is 11. The van der Waals surface area contributed by atoms with Gasteiger partial charge in [-0.15, -0.1) is 5.10 Å². The lowest BCUT2D eigenvalue weighted by molar-refractivity contribution is -0.133. The SMILES string of the molecule is CCc1cnn(C2(CC#N)CN(c3cccn4nc(NC5=CN(CC(=O)N6CCC(N(C)CC(C)(C)C#N)CC6)NC5)nc34)C2)c1. The third-order valence-corrected chi connectivity index (χ3v) is 9.34. The van der Waals surface area contributed by atoms with E-state index in [0.29, 0.717) is 51.1 Å². The van der Waals surface area contributed by atoms with Crippen LogP contribution in [-0.2, 0) is 16.8 Å². The van der Waals surface area contributed by atoms with Crippen LogP contribution in [0.15, 0.2) is 42.6 Å². The average Bonchev–Trinajstić information content (AvgIpc) is 3.79. The minimum absolute atomic E-state index is 0.0852. The van der Waals surface area contributed by atoms with E-state index in [-0.39, 0.29) is 23.4 Å². The smallest absolute Gasteiger partial charge is 0.247 e. The summed E-state index contributed by atoms with van der Waals surface area (Å²) < 4.78 is 3.72. The molecule has 14 heteroatoms. The van der Waals surface area contributed by atoms with Crippen LogP contribution in [0, 0.1) is 28.1 Å².